The van der Waals surface area contributed by atoms with Crippen LogP contribution in [-0.4, -0.2) is 39.7 Å². The first-order valence-electron chi connectivity index (χ1n) is 10.2. The summed E-state index contributed by atoms with van der Waals surface area (Å²) in [5.74, 6) is -3.40. The van der Waals surface area contributed by atoms with Crippen LogP contribution in [0.1, 0.15) is 42.2 Å². The van der Waals surface area contributed by atoms with Crippen LogP contribution in [-0.2, 0) is 4.79 Å². The van der Waals surface area contributed by atoms with Crippen molar-refractivity contribution < 1.29 is 29.4 Å². The number of aryl methyl sites for hydroxylation is 2. The van der Waals surface area contributed by atoms with Gasteiger partial charge in [-0.3, -0.25) is 9.59 Å². The topological polar surface area (TPSA) is 133 Å². The number of benzene rings is 3. The van der Waals surface area contributed by atoms with Gasteiger partial charge in [-0.25, -0.2) is 9.59 Å². The van der Waals surface area contributed by atoms with Gasteiger partial charge in [0.05, 0.1) is 22.4 Å². The maximum atomic E-state index is 12.7. The quantitative estimate of drug-likeness (QED) is 0.345. The van der Waals surface area contributed by atoms with E-state index in [1.54, 1.807) is 24.3 Å². The smallest absolute Gasteiger partial charge is 0.336 e. The highest BCUT2D eigenvalue weighted by atomic mass is 32.2. The van der Waals surface area contributed by atoms with Crippen LogP contribution in [0.5, 0.6) is 0 Å². The van der Waals surface area contributed by atoms with E-state index in [1.807, 2.05) is 32.0 Å². The molecule has 0 heterocycles. The fourth-order valence-corrected chi connectivity index (χ4v) is 4.01. The Bertz CT molecular complexity index is 1270. The number of rotatable bonds is 8. The second kappa shape index (κ2) is 10.7. The Morgan fingerprint density at radius 3 is 2.12 bits per heavy atom. The summed E-state index contributed by atoms with van der Waals surface area (Å²) >= 11 is 1.29. The van der Waals surface area contributed by atoms with Crippen LogP contribution in [0.15, 0.2) is 65.6 Å². The summed E-state index contributed by atoms with van der Waals surface area (Å²) in [6.07, 6.45) is 0. The van der Waals surface area contributed by atoms with Gasteiger partial charge in [-0.2, -0.15) is 0 Å². The maximum Gasteiger partial charge on any atom is 0.336 e. The molecule has 34 heavy (non-hydrogen) atoms. The van der Waals surface area contributed by atoms with E-state index in [0.29, 0.717) is 5.69 Å². The van der Waals surface area contributed by atoms with E-state index in [9.17, 15) is 24.3 Å². The van der Waals surface area contributed by atoms with Crippen molar-refractivity contribution >= 4 is 46.9 Å². The Balaban J connectivity index is 1.68. The van der Waals surface area contributed by atoms with Crippen molar-refractivity contribution in [1.82, 2.24) is 0 Å². The minimum Gasteiger partial charge on any atom is -0.478 e. The molecule has 3 rings (SSSR count). The van der Waals surface area contributed by atoms with Crippen LogP contribution in [0.3, 0.4) is 0 Å². The van der Waals surface area contributed by atoms with Gasteiger partial charge in [-0.1, -0.05) is 24.3 Å². The molecule has 0 atom stereocenters. The lowest BCUT2D eigenvalue weighted by Gasteiger charge is -2.12. The first-order valence-corrected chi connectivity index (χ1v) is 11.1. The summed E-state index contributed by atoms with van der Waals surface area (Å²) in [7, 11) is 0. The number of anilines is 2. The molecule has 0 bridgehead atoms. The van der Waals surface area contributed by atoms with Gasteiger partial charge < -0.3 is 20.8 Å². The molecule has 8 nitrogen and oxygen atoms in total. The zero-order valence-corrected chi connectivity index (χ0v) is 19.2. The van der Waals surface area contributed by atoms with Crippen LogP contribution >= 0.6 is 11.8 Å². The average molecular weight is 479 g/mol. The van der Waals surface area contributed by atoms with Gasteiger partial charge in [0.25, 0.3) is 5.91 Å². The number of thioether (sulfide) groups is 1. The van der Waals surface area contributed by atoms with Crippen molar-refractivity contribution in [3.63, 3.8) is 0 Å². The molecule has 0 saturated carbocycles. The molecule has 3 aromatic carbocycles. The Labute approximate surface area is 200 Å². The normalized spacial score (nSPS) is 10.4. The lowest BCUT2D eigenvalue weighted by Crippen LogP contribution is -2.17. The summed E-state index contributed by atoms with van der Waals surface area (Å²) in [6, 6.07) is 15.8. The average Bonchev–Trinajstić information content (AvgIpc) is 2.80. The largest absolute Gasteiger partial charge is 0.478 e. The third-order valence-corrected chi connectivity index (χ3v) is 5.94. The van der Waals surface area contributed by atoms with Gasteiger partial charge >= 0.3 is 11.9 Å². The number of para-hydroxylation sites is 1. The van der Waals surface area contributed by atoms with Crippen molar-refractivity contribution in [2.75, 3.05) is 16.4 Å². The van der Waals surface area contributed by atoms with Crippen molar-refractivity contribution in [1.29, 1.82) is 0 Å². The van der Waals surface area contributed by atoms with Crippen LogP contribution in [0.2, 0.25) is 0 Å². The van der Waals surface area contributed by atoms with Crippen molar-refractivity contribution in [3.8, 4) is 0 Å². The van der Waals surface area contributed by atoms with E-state index in [4.69, 9.17) is 5.11 Å². The maximum absolute atomic E-state index is 12.7. The number of nitrogens with one attached hydrogen (secondary N) is 2. The number of hydrogen-bond donors (Lipinski definition) is 4. The van der Waals surface area contributed by atoms with E-state index >= 15 is 0 Å². The Morgan fingerprint density at radius 2 is 1.47 bits per heavy atom. The summed E-state index contributed by atoms with van der Waals surface area (Å²) in [4.78, 5) is 48.4. The zero-order valence-electron chi connectivity index (χ0n) is 18.4. The molecule has 0 aromatic heterocycles. The zero-order chi connectivity index (χ0) is 24.8. The van der Waals surface area contributed by atoms with Crippen LogP contribution in [0, 0.1) is 13.8 Å². The van der Waals surface area contributed by atoms with E-state index in [2.05, 4.69) is 10.6 Å². The highest BCUT2D eigenvalue weighted by Gasteiger charge is 2.19. The molecule has 4 N–H and O–H groups in total. The molecule has 174 valence electrons. The molecule has 0 aliphatic carbocycles. The van der Waals surface area contributed by atoms with Gasteiger partial charge in [0.2, 0.25) is 5.91 Å². The SMILES string of the molecule is Cc1cccc(C)c1NC(=O)CSc1cccc(NC(=O)c2ccc(C(=O)O)cc2C(=O)O)c1. The standard InChI is InChI=1S/C25H22N2O6S/c1-14-5-3-6-15(2)22(14)27-21(28)13-34-18-8-4-7-17(12-18)26-23(29)19-10-9-16(24(30)31)11-20(19)25(32)33/h3-12H,13H2,1-2H3,(H,26,29)(H,27,28)(H,30,31)(H,32,33). The Kier molecular flexibility index (Phi) is 7.70. The van der Waals surface area contributed by atoms with Gasteiger partial charge in [-0.05, 0) is 61.4 Å². The molecule has 2 amide bonds. The lowest BCUT2D eigenvalue weighted by molar-refractivity contribution is -0.113. The molecule has 0 fully saturated rings. The summed E-state index contributed by atoms with van der Waals surface area (Å²) in [6.45, 7) is 3.85. The van der Waals surface area contributed by atoms with Crippen molar-refractivity contribution in [2.45, 2.75) is 18.7 Å². The van der Waals surface area contributed by atoms with Crippen molar-refractivity contribution in [3.05, 3.63) is 88.5 Å². The number of carboxylic acid groups (broad SMARTS) is 2. The predicted molar refractivity (Wildman–Crippen MR) is 130 cm³/mol. The van der Waals surface area contributed by atoms with E-state index in [1.165, 1.54) is 23.9 Å². The molecule has 0 unspecified atom stereocenters. The van der Waals surface area contributed by atoms with Gasteiger partial charge in [0, 0.05) is 16.3 Å². The molecule has 0 aliphatic rings. The van der Waals surface area contributed by atoms with Crippen LogP contribution in [0.4, 0.5) is 11.4 Å². The molecule has 0 radical (unpaired) electrons. The molecule has 9 heteroatoms. The predicted octanol–water partition coefficient (Wildman–Crippen LogP) is 4.68. The molecule has 3 aromatic rings. The lowest BCUT2D eigenvalue weighted by atomic mass is 10.0. The number of carbonyl (C=O) groups excluding carboxylic acids is 2. The van der Waals surface area contributed by atoms with E-state index in [-0.39, 0.29) is 22.8 Å². The molecular weight excluding hydrogens is 456 g/mol. The van der Waals surface area contributed by atoms with Crippen LogP contribution < -0.4 is 10.6 Å². The highest BCUT2D eigenvalue weighted by molar-refractivity contribution is 8.00. The minimum absolute atomic E-state index is 0.158. The number of carboxylic acids is 2. The fraction of sp³-hybridized carbons (Fsp3) is 0.120. The Morgan fingerprint density at radius 1 is 0.794 bits per heavy atom. The van der Waals surface area contributed by atoms with Gasteiger partial charge in [0.1, 0.15) is 0 Å². The number of amides is 2. The number of aromatic carboxylic acids is 2. The van der Waals surface area contributed by atoms with E-state index < -0.39 is 23.4 Å². The third-order valence-electron chi connectivity index (χ3n) is 4.95. The minimum atomic E-state index is -1.41. The van der Waals surface area contributed by atoms with Gasteiger partial charge in [-0.15, -0.1) is 11.8 Å². The van der Waals surface area contributed by atoms with Crippen molar-refractivity contribution in [2.24, 2.45) is 0 Å². The van der Waals surface area contributed by atoms with E-state index in [0.717, 1.165) is 27.8 Å². The molecule has 0 aliphatic heterocycles. The molecular formula is C25H22N2O6S. The second-order valence-electron chi connectivity index (χ2n) is 7.46. The first kappa shape index (κ1) is 24.5. The molecule has 0 saturated heterocycles. The third kappa shape index (κ3) is 6.02. The second-order valence-corrected chi connectivity index (χ2v) is 8.51. The fourth-order valence-electron chi connectivity index (χ4n) is 3.25. The molecule has 0 spiro atoms. The summed E-state index contributed by atoms with van der Waals surface area (Å²) < 4.78 is 0. The van der Waals surface area contributed by atoms with Gasteiger partial charge in [0.15, 0.2) is 0 Å². The monoisotopic (exact) mass is 478 g/mol. The summed E-state index contributed by atoms with van der Waals surface area (Å²) in [5.41, 5.74) is 2.34. The summed E-state index contributed by atoms with van der Waals surface area (Å²) in [5, 5.41) is 24.0. The Hall–Kier alpha value is -4.11. The van der Waals surface area contributed by atoms with Crippen LogP contribution in [0.25, 0.3) is 0 Å². The first-order chi connectivity index (χ1) is 16.2. The highest BCUT2D eigenvalue weighted by Crippen LogP contribution is 2.24. The number of hydrogen-bond acceptors (Lipinski definition) is 5. The number of carbonyl (C=O) groups is 4.